The number of nitrogens with zero attached hydrogens (tertiary/aromatic N) is 6. The van der Waals surface area contributed by atoms with Crippen LogP contribution in [0, 0.1) is 6.92 Å². The number of piperazine rings is 1. The van der Waals surface area contributed by atoms with Crippen molar-refractivity contribution in [2.75, 3.05) is 31.1 Å². The summed E-state index contributed by atoms with van der Waals surface area (Å²) in [5.74, 6) is 0.745. The van der Waals surface area contributed by atoms with Crippen LogP contribution >= 0.6 is 0 Å². The van der Waals surface area contributed by atoms with E-state index >= 15 is 0 Å². The highest BCUT2D eigenvalue weighted by Crippen LogP contribution is 2.23. The summed E-state index contributed by atoms with van der Waals surface area (Å²) in [4.78, 5) is 35.3. The van der Waals surface area contributed by atoms with Gasteiger partial charge in [-0.1, -0.05) is 60.2 Å². The molecule has 0 atom stereocenters. The van der Waals surface area contributed by atoms with E-state index in [0.29, 0.717) is 17.7 Å². The van der Waals surface area contributed by atoms with Crippen LogP contribution in [0.3, 0.4) is 0 Å². The number of benzene rings is 2. The maximum Gasteiger partial charge on any atom is 0.332 e. The number of aryl methyl sites for hydroxylation is 2. The molecule has 0 amide bonds. The second-order valence-corrected chi connectivity index (χ2v) is 9.11. The summed E-state index contributed by atoms with van der Waals surface area (Å²) >= 11 is 0. The summed E-state index contributed by atoms with van der Waals surface area (Å²) < 4.78 is 4.62. The largest absolute Gasteiger partial charge is 0.340 e. The van der Waals surface area contributed by atoms with Gasteiger partial charge in [0.15, 0.2) is 11.2 Å². The third-order valence-electron chi connectivity index (χ3n) is 6.66. The molecule has 0 bridgehead atoms. The summed E-state index contributed by atoms with van der Waals surface area (Å²) in [5, 5.41) is 0. The van der Waals surface area contributed by atoms with Crippen LogP contribution in [-0.4, -0.2) is 49.8 Å². The fourth-order valence-corrected chi connectivity index (χ4v) is 4.77. The molecule has 0 unspecified atom stereocenters. The quantitative estimate of drug-likeness (QED) is 0.458. The summed E-state index contributed by atoms with van der Waals surface area (Å²) in [6.45, 7) is 6.91. The molecule has 0 radical (unpaired) electrons. The van der Waals surface area contributed by atoms with E-state index in [2.05, 4.69) is 59.2 Å². The Morgan fingerprint density at radius 2 is 1.53 bits per heavy atom. The molecule has 4 aromatic rings. The van der Waals surface area contributed by atoms with Crippen molar-refractivity contribution in [3.63, 3.8) is 0 Å². The predicted molar refractivity (Wildman–Crippen MR) is 134 cm³/mol. The highest BCUT2D eigenvalue weighted by molar-refractivity contribution is 5.75. The van der Waals surface area contributed by atoms with Gasteiger partial charge in [0.25, 0.3) is 5.56 Å². The number of hydrogen-bond acceptors (Lipinski definition) is 5. The molecule has 176 valence electrons. The first-order chi connectivity index (χ1) is 16.4. The Labute approximate surface area is 198 Å². The van der Waals surface area contributed by atoms with Gasteiger partial charge in [-0.25, -0.2) is 4.79 Å². The third-order valence-corrected chi connectivity index (χ3v) is 6.66. The number of anilines is 1. The van der Waals surface area contributed by atoms with Crippen molar-refractivity contribution >= 4 is 17.1 Å². The Bertz CT molecular complexity index is 1440. The molecule has 1 saturated heterocycles. The summed E-state index contributed by atoms with van der Waals surface area (Å²) in [5.41, 5.74) is 3.79. The van der Waals surface area contributed by atoms with Crippen LogP contribution in [-0.2, 0) is 27.2 Å². The van der Waals surface area contributed by atoms with E-state index < -0.39 is 0 Å². The van der Waals surface area contributed by atoms with Gasteiger partial charge < -0.3 is 4.90 Å². The van der Waals surface area contributed by atoms with Gasteiger partial charge in [0.05, 0.1) is 6.54 Å². The fourth-order valence-electron chi connectivity index (χ4n) is 4.77. The van der Waals surface area contributed by atoms with Crippen LogP contribution in [0.5, 0.6) is 0 Å². The van der Waals surface area contributed by atoms with Crippen molar-refractivity contribution in [3.8, 4) is 0 Å². The van der Waals surface area contributed by atoms with Gasteiger partial charge in [-0.3, -0.25) is 23.4 Å². The van der Waals surface area contributed by atoms with Gasteiger partial charge in [-0.05, 0) is 18.1 Å². The smallest absolute Gasteiger partial charge is 0.332 e. The van der Waals surface area contributed by atoms with Crippen molar-refractivity contribution in [1.82, 2.24) is 23.6 Å². The van der Waals surface area contributed by atoms with E-state index in [0.717, 1.165) is 44.2 Å². The molecule has 8 heteroatoms. The lowest BCUT2D eigenvalue weighted by Gasteiger charge is -2.35. The SMILES string of the molecule is Cc1cccc(Cn2c(N3CCN(Cc4ccccc4)CC3)nc3c2c(=O)n(C)c(=O)n3C)c1. The van der Waals surface area contributed by atoms with Gasteiger partial charge in [-0.15, -0.1) is 0 Å². The van der Waals surface area contributed by atoms with Gasteiger partial charge in [0.1, 0.15) is 0 Å². The van der Waals surface area contributed by atoms with Crippen LogP contribution in [0.4, 0.5) is 5.95 Å². The van der Waals surface area contributed by atoms with Crippen LogP contribution in [0.25, 0.3) is 11.2 Å². The Kier molecular flexibility index (Phi) is 5.83. The summed E-state index contributed by atoms with van der Waals surface area (Å²) in [6, 6.07) is 18.8. The Balaban J connectivity index is 1.51. The Hall–Kier alpha value is -3.65. The van der Waals surface area contributed by atoms with Crippen LogP contribution < -0.4 is 16.1 Å². The minimum absolute atomic E-state index is 0.313. The van der Waals surface area contributed by atoms with Crippen molar-refractivity contribution < 1.29 is 0 Å². The zero-order chi connectivity index (χ0) is 23.8. The average Bonchev–Trinajstić information content (AvgIpc) is 3.22. The predicted octanol–water partition coefficient (Wildman–Crippen LogP) is 2.11. The molecular weight excluding hydrogens is 428 g/mol. The standard InChI is InChI=1S/C26H30N6O2/c1-19-8-7-11-21(16-19)18-32-22-23(28(2)26(34)29(3)24(22)33)27-25(32)31-14-12-30(13-15-31)17-20-9-5-4-6-10-20/h4-11,16H,12-15,17-18H2,1-3H3. The van der Waals surface area contributed by atoms with Gasteiger partial charge in [0, 0.05) is 46.8 Å². The highest BCUT2D eigenvalue weighted by atomic mass is 16.2. The van der Waals surface area contributed by atoms with E-state index in [1.54, 1.807) is 7.05 Å². The maximum atomic E-state index is 13.2. The molecule has 34 heavy (non-hydrogen) atoms. The third kappa shape index (κ3) is 4.05. The van der Waals surface area contributed by atoms with Crippen molar-refractivity contribution in [3.05, 3.63) is 92.1 Å². The monoisotopic (exact) mass is 458 g/mol. The van der Waals surface area contributed by atoms with E-state index in [-0.39, 0.29) is 11.2 Å². The van der Waals surface area contributed by atoms with Gasteiger partial charge >= 0.3 is 5.69 Å². The fraction of sp³-hybridized carbons (Fsp3) is 0.346. The molecule has 1 aliphatic heterocycles. The molecule has 2 aromatic heterocycles. The number of imidazole rings is 1. The summed E-state index contributed by atoms with van der Waals surface area (Å²) in [6.07, 6.45) is 0. The van der Waals surface area contributed by atoms with Crippen molar-refractivity contribution in [1.29, 1.82) is 0 Å². The average molecular weight is 459 g/mol. The van der Waals surface area contributed by atoms with Crippen LogP contribution in [0.15, 0.2) is 64.2 Å². The molecule has 8 nitrogen and oxygen atoms in total. The molecule has 3 heterocycles. The van der Waals surface area contributed by atoms with Crippen LogP contribution in [0.1, 0.15) is 16.7 Å². The van der Waals surface area contributed by atoms with E-state index in [1.165, 1.54) is 27.3 Å². The minimum atomic E-state index is -0.364. The van der Waals surface area contributed by atoms with Crippen molar-refractivity contribution in [2.24, 2.45) is 14.1 Å². The number of aromatic nitrogens is 4. The lowest BCUT2D eigenvalue weighted by Crippen LogP contribution is -2.47. The normalized spacial score (nSPS) is 14.7. The summed E-state index contributed by atoms with van der Waals surface area (Å²) in [7, 11) is 3.20. The topological polar surface area (TPSA) is 68.3 Å². The van der Waals surface area contributed by atoms with Gasteiger partial charge in [-0.2, -0.15) is 4.98 Å². The molecule has 2 aromatic carbocycles. The van der Waals surface area contributed by atoms with Crippen LogP contribution in [0.2, 0.25) is 0 Å². The minimum Gasteiger partial charge on any atom is -0.340 e. The first kappa shape index (κ1) is 22.2. The molecule has 0 spiro atoms. The first-order valence-electron chi connectivity index (χ1n) is 11.7. The number of fused-ring (bicyclic) bond motifs is 1. The first-order valence-corrected chi connectivity index (χ1v) is 11.7. The lowest BCUT2D eigenvalue weighted by atomic mass is 10.1. The van der Waals surface area contributed by atoms with E-state index in [4.69, 9.17) is 4.98 Å². The Morgan fingerprint density at radius 3 is 2.24 bits per heavy atom. The van der Waals surface area contributed by atoms with Gasteiger partial charge in [0.2, 0.25) is 5.95 Å². The molecule has 1 aliphatic rings. The zero-order valence-corrected chi connectivity index (χ0v) is 19.9. The molecule has 5 rings (SSSR count). The molecule has 1 fully saturated rings. The Morgan fingerprint density at radius 1 is 0.824 bits per heavy atom. The maximum absolute atomic E-state index is 13.2. The molecular formula is C26H30N6O2. The lowest BCUT2D eigenvalue weighted by molar-refractivity contribution is 0.248. The second kappa shape index (κ2) is 8.95. The molecule has 0 N–H and O–H groups in total. The van der Waals surface area contributed by atoms with E-state index in [9.17, 15) is 9.59 Å². The second-order valence-electron chi connectivity index (χ2n) is 9.11. The number of hydrogen-bond donors (Lipinski definition) is 0. The van der Waals surface area contributed by atoms with Crippen molar-refractivity contribution in [2.45, 2.75) is 20.0 Å². The highest BCUT2D eigenvalue weighted by Gasteiger charge is 2.25. The number of rotatable bonds is 5. The van der Waals surface area contributed by atoms with E-state index in [1.807, 2.05) is 16.7 Å². The zero-order valence-electron chi connectivity index (χ0n) is 19.9. The molecule has 0 saturated carbocycles. The molecule has 0 aliphatic carbocycles.